The summed E-state index contributed by atoms with van der Waals surface area (Å²) < 4.78 is 3.79. The Kier molecular flexibility index (Phi) is 8.13. The highest BCUT2D eigenvalue weighted by Gasteiger charge is 2.73. The number of likely N-dealkylation sites (tertiary alicyclic amines) is 1. The molecular formula is C34H39N3O5S. The largest absolute Gasteiger partial charge is 0.497 e. The van der Waals surface area contributed by atoms with Crippen LogP contribution < -0.4 is 9.64 Å². The second-order valence-electron chi connectivity index (χ2n) is 12.0. The number of aliphatic hydroxyl groups is 1. The van der Waals surface area contributed by atoms with E-state index in [0.717, 1.165) is 17.7 Å². The molecule has 0 aromatic heterocycles. The Labute approximate surface area is 257 Å². The number of unbranched alkanes of at least 4 members (excludes halogenated alkanes) is 2. The molecular weight excluding hydrogens is 562 g/mol. The van der Waals surface area contributed by atoms with Gasteiger partial charge in [-0.3, -0.25) is 14.4 Å². The number of amides is 3. The monoisotopic (exact) mass is 601 g/mol. The van der Waals surface area contributed by atoms with Gasteiger partial charge >= 0.3 is 0 Å². The lowest BCUT2D eigenvalue weighted by atomic mass is 9.74. The van der Waals surface area contributed by atoms with E-state index >= 15 is 0 Å². The van der Waals surface area contributed by atoms with Crippen LogP contribution >= 0.6 is 11.8 Å². The summed E-state index contributed by atoms with van der Waals surface area (Å²) in [7, 11) is 1.60. The van der Waals surface area contributed by atoms with Crippen LogP contribution in [0.25, 0.3) is 0 Å². The number of anilines is 1. The molecule has 4 heterocycles. The predicted octanol–water partition coefficient (Wildman–Crippen LogP) is 4.05. The molecule has 4 aliphatic rings. The van der Waals surface area contributed by atoms with Crippen LogP contribution in [0.4, 0.5) is 5.69 Å². The van der Waals surface area contributed by atoms with Crippen molar-refractivity contribution in [2.45, 2.75) is 48.3 Å². The van der Waals surface area contributed by atoms with Gasteiger partial charge in [-0.25, -0.2) is 0 Å². The summed E-state index contributed by atoms with van der Waals surface area (Å²) in [5.74, 6) is -0.898. The van der Waals surface area contributed by atoms with E-state index in [1.807, 2.05) is 71.6 Å². The summed E-state index contributed by atoms with van der Waals surface area (Å²) in [5, 5.41) is 9.34. The molecule has 4 aliphatic heterocycles. The molecule has 43 heavy (non-hydrogen) atoms. The minimum atomic E-state index is -0.887. The molecule has 8 nitrogen and oxygen atoms in total. The number of ether oxygens (including phenoxy) is 1. The molecule has 9 heteroatoms. The van der Waals surface area contributed by atoms with Gasteiger partial charge in [0.25, 0.3) is 5.91 Å². The minimum Gasteiger partial charge on any atom is -0.497 e. The third-order valence-electron chi connectivity index (χ3n) is 9.30. The van der Waals surface area contributed by atoms with Crippen molar-refractivity contribution in [2.75, 3.05) is 38.3 Å². The van der Waals surface area contributed by atoms with Crippen molar-refractivity contribution in [3.8, 4) is 5.75 Å². The van der Waals surface area contributed by atoms with Crippen LogP contribution in [-0.2, 0) is 20.9 Å². The number of nitrogens with zero attached hydrogens (tertiary/aromatic N) is 3. The van der Waals surface area contributed by atoms with Crippen molar-refractivity contribution in [1.82, 2.24) is 9.80 Å². The maximum Gasteiger partial charge on any atom is 0.251 e. The average molecular weight is 602 g/mol. The number of carbonyl (C=O) groups excluding carboxylic acids is 3. The van der Waals surface area contributed by atoms with E-state index in [4.69, 9.17) is 4.74 Å². The van der Waals surface area contributed by atoms with Crippen LogP contribution in [-0.4, -0.2) is 81.5 Å². The van der Waals surface area contributed by atoms with Gasteiger partial charge in [0.1, 0.15) is 11.8 Å². The normalized spacial score (nSPS) is 29.8. The summed E-state index contributed by atoms with van der Waals surface area (Å²) in [6.07, 6.45) is 10.3. The van der Waals surface area contributed by atoms with E-state index in [2.05, 4.69) is 19.1 Å². The topological polar surface area (TPSA) is 90.4 Å². The molecule has 3 amide bonds. The number of fused-ring (bicyclic) bond motifs is 2. The smallest absolute Gasteiger partial charge is 0.251 e. The Morgan fingerprint density at radius 2 is 1.63 bits per heavy atom. The van der Waals surface area contributed by atoms with Gasteiger partial charge in [-0.2, -0.15) is 0 Å². The van der Waals surface area contributed by atoms with Crippen molar-refractivity contribution in [1.29, 1.82) is 0 Å². The summed E-state index contributed by atoms with van der Waals surface area (Å²) >= 11 is 1.60. The summed E-state index contributed by atoms with van der Waals surface area (Å²) in [6.45, 7) is 3.85. The Morgan fingerprint density at radius 1 is 0.884 bits per heavy atom. The lowest BCUT2D eigenvalue weighted by molar-refractivity contribution is -0.144. The van der Waals surface area contributed by atoms with Crippen molar-refractivity contribution in [3.63, 3.8) is 0 Å². The van der Waals surface area contributed by atoms with Gasteiger partial charge in [0.15, 0.2) is 0 Å². The zero-order valence-corrected chi connectivity index (χ0v) is 25.5. The Balaban J connectivity index is 1.39. The number of hydrogen-bond donors (Lipinski definition) is 1. The molecule has 1 N–H and O–H groups in total. The van der Waals surface area contributed by atoms with Gasteiger partial charge in [0, 0.05) is 43.2 Å². The van der Waals surface area contributed by atoms with E-state index in [0.29, 0.717) is 44.8 Å². The zero-order chi connectivity index (χ0) is 30.2. The molecule has 0 aliphatic carbocycles. The Hall–Kier alpha value is -3.56. The van der Waals surface area contributed by atoms with Crippen LogP contribution in [0.5, 0.6) is 5.75 Å². The van der Waals surface area contributed by atoms with E-state index < -0.39 is 27.4 Å². The number of thioether (sulfide) groups is 1. The Bertz CT molecular complexity index is 1430. The maximum atomic E-state index is 14.6. The number of carbonyl (C=O) groups is 3. The van der Waals surface area contributed by atoms with E-state index in [9.17, 15) is 19.5 Å². The molecule has 2 aromatic carbocycles. The molecule has 0 radical (unpaired) electrons. The third kappa shape index (κ3) is 5.06. The van der Waals surface area contributed by atoms with Gasteiger partial charge in [0.05, 0.1) is 23.7 Å². The summed E-state index contributed by atoms with van der Waals surface area (Å²) in [4.78, 5) is 49.0. The van der Waals surface area contributed by atoms with Crippen molar-refractivity contribution in [2.24, 2.45) is 11.8 Å². The zero-order valence-electron chi connectivity index (χ0n) is 24.7. The number of benzene rings is 2. The van der Waals surface area contributed by atoms with Crippen molar-refractivity contribution < 1.29 is 24.2 Å². The SMILES string of the molecule is COc1ccc(N2CC=C[C@]34S[C@]5(C)C=CCN(Cc6ccccc6)C(=O)[C@@H]5[C@H]3C(=O)N(CCCCCO)C4C2=O)cc1. The number of methoxy groups -OCH3 is 1. The first-order valence-electron chi connectivity index (χ1n) is 15.1. The fourth-order valence-corrected chi connectivity index (χ4v) is 9.48. The minimum absolute atomic E-state index is 0.0444. The first kappa shape index (κ1) is 29.5. The molecule has 2 fully saturated rings. The third-order valence-corrected chi connectivity index (χ3v) is 11.1. The molecule has 0 bridgehead atoms. The van der Waals surface area contributed by atoms with Gasteiger partial charge in [-0.1, -0.05) is 54.6 Å². The lowest BCUT2D eigenvalue weighted by Crippen LogP contribution is -2.53. The van der Waals surface area contributed by atoms with E-state index in [1.54, 1.807) is 28.7 Å². The average Bonchev–Trinajstić information content (AvgIpc) is 3.28. The van der Waals surface area contributed by atoms with Gasteiger partial charge < -0.3 is 24.5 Å². The number of rotatable bonds is 9. The van der Waals surface area contributed by atoms with Gasteiger partial charge in [0.2, 0.25) is 11.8 Å². The molecule has 5 atom stereocenters. The van der Waals surface area contributed by atoms with Crippen LogP contribution in [0.1, 0.15) is 31.7 Å². The fraction of sp³-hybridized carbons (Fsp3) is 0.441. The van der Waals surface area contributed by atoms with Crippen LogP contribution in [0.2, 0.25) is 0 Å². The second-order valence-corrected chi connectivity index (χ2v) is 13.8. The predicted molar refractivity (Wildman–Crippen MR) is 168 cm³/mol. The first-order valence-corrected chi connectivity index (χ1v) is 15.9. The lowest BCUT2D eigenvalue weighted by Gasteiger charge is -2.37. The summed E-state index contributed by atoms with van der Waals surface area (Å²) in [6, 6.07) is 16.5. The molecule has 2 aromatic rings. The van der Waals surface area contributed by atoms with E-state index in [-0.39, 0.29) is 24.3 Å². The van der Waals surface area contributed by atoms with Crippen molar-refractivity contribution >= 4 is 35.2 Å². The highest BCUT2D eigenvalue weighted by atomic mass is 32.2. The van der Waals surface area contributed by atoms with Crippen LogP contribution in [0.15, 0.2) is 78.9 Å². The highest BCUT2D eigenvalue weighted by Crippen LogP contribution is 2.65. The molecule has 2 saturated heterocycles. The van der Waals surface area contributed by atoms with Gasteiger partial charge in [-0.05, 0) is 56.0 Å². The molecule has 1 spiro atoms. The van der Waals surface area contributed by atoms with Crippen molar-refractivity contribution in [3.05, 3.63) is 84.5 Å². The highest BCUT2D eigenvalue weighted by molar-refractivity contribution is 8.02. The van der Waals surface area contributed by atoms with Crippen LogP contribution in [0, 0.1) is 11.8 Å². The fourth-order valence-electron chi connectivity index (χ4n) is 7.32. The number of aliphatic hydroxyl groups excluding tert-OH is 1. The Morgan fingerprint density at radius 3 is 2.35 bits per heavy atom. The van der Waals surface area contributed by atoms with E-state index in [1.165, 1.54) is 0 Å². The van der Waals surface area contributed by atoms with Gasteiger partial charge in [-0.15, -0.1) is 11.8 Å². The number of hydrogen-bond acceptors (Lipinski definition) is 6. The molecule has 6 rings (SSSR count). The van der Waals surface area contributed by atoms with Crippen LogP contribution in [0.3, 0.4) is 0 Å². The maximum absolute atomic E-state index is 14.6. The molecule has 226 valence electrons. The quantitative estimate of drug-likeness (QED) is 0.345. The first-order chi connectivity index (χ1) is 20.8. The summed E-state index contributed by atoms with van der Waals surface area (Å²) in [5.41, 5.74) is 1.77. The second kappa shape index (κ2) is 11.8. The molecule has 0 saturated carbocycles. The standard InChI is InChI=1S/C34H39N3O5S/c1-33-17-9-19-35(23-24-11-5-3-6-12-24)30(39)27(33)28-31(40)37(20-7-4-8-22-38)29-32(41)36(21-10-18-34(28,29)43-33)25-13-15-26(42-2)16-14-25/h3,5-6,9-18,27-29,38H,4,7-8,19-23H2,1-2H3/t27-,28-,29?,33+,34-/m0/s1. The molecule has 1 unspecified atom stereocenters.